The minimum atomic E-state index is 0.289. The van der Waals surface area contributed by atoms with Crippen molar-refractivity contribution in [2.45, 2.75) is 73.1 Å². The van der Waals surface area contributed by atoms with Gasteiger partial charge >= 0.3 is 0 Å². The van der Waals surface area contributed by atoms with Crippen LogP contribution in [-0.2, 0) is 11.2 Å². The average Bonchev–Trinajstić information content (AvgIpc) is 3.37. The molecule has 0 aromatic carbocycles. The van der Waals surface area contributed by atoms with Crippen molar-refractivity contribution >= 4 is 23.3 Å². The Balaban J connectivity index is 0.000000284. The molecule has 3 heterocycles. The third-order valence-corrected chi connectivity index (χ3v) is 5.55. The van der Waals surface area contributed by atoms with E-state index < -0.39 is 0 Å². The van der Waals surface area contributed by atoms with Gasteiger partial charge in [0, 0.05) is 68.3 Å². The van der Waals surface area contributed by atoms with Gasteiger partial charge in [0.05, 0.1) is 0 Å². The molecule has 0 atom stereocenters. The molecule has 2 aromatic rings. The summed E-state index contributed by atoms with van der Waals surface area (Å²) in [6.45, 7) is 14.5. The number of carbonyl (C=O) groups excluding carboxylic acids is 1. The molecule has 6 nitrogen and oxygen atoms in total. The number of aromatic amines is 1. The summed E-state index contributed by atoms with van der Waals surface area (Å²) in [6.07, 6.45) is 13.2. The number of allylic oxidation sites excluding steroid dienone is 2. The minimum absolute atomic E-state index is 0.289. The molecule has 0 radical (unpaired) electrons. The summed E-state index contributed by atoms with van der Waals surface area (Å²) in [5.41, 5.74) is 6.36. The quantitative estimate of drug-likeness (QED) is 0.396. The van der Waals surface area contributed by atoms with Gasteiger partial charge in [0.15, 0.2) is 0 Å². The lowest BCUT2D eigenvalue weighted by Gasteiger charge is -2.31. The van der Waals surface area contributed by atoms with E-state index in [0.717, 1.165) is 64.0 Å². The molecule has 0 unspecified atom stereocenters. The molecule has 3 rings (SSSR count). The van der Waals surface area contributed by atoms with Crippen molar-refractivity contribution in [1.29, 1.82) is 5.41 Å². The van der Waals surface area contributed by atoms with Crippen molar-refractivity contribution in [3.05, 3.63) is 53.6 Å². The monoisotopic (exact) mass is 467 g/mol. The number of anilines is 1. The van der Waals surface area contributed by atoms with Crippen LogP contribution >= 0.6 is 0 Å². The number of rotatable bonds is 9. The molecule has 34 heavy (non-hydrogen) atoms. The predicted octanol–water partition coefficient (Wildman–Crippen LogP) is 5.98. The number of nitrogens with zero attached hydrogens (tertiary/aromatic N) is 2. The van der Waals surface area contributed by atoms with E-state index in [-0.39, 0.29) is 5.78 Å². The number of hydrogen-bond acceptors (Lipinski definition) is 5. The Morgan fingerprint density at radius 3 is 2.32 bits per heavy atom. The van der Waals surface area contributed by atoms with E-state index in [1.165, 1.54) is 35.2 Å². The Kier molecular flexibility index (Phi) is 15.3. The maximum Gasteiger partial charge on any atom is 0.129 e. The van der Waals surface area contributed by atoms with Gasteiger partial charge in [0.2, 0.25) is 0 Å². The van der Waals surface area contributed by atoms with E-state index in [2.05, 4.69) is 47.0 Å². The van der Waals surface area contributed by atoms with Crippen molar-refractivity contribution in [1.82, 2.24) is 15.3 Å². The summed E-state index contributed by atoms with van der Waals surface area (Å²) in [5.74, 6) is 0.289. The lowest BCUT2D eigenvalue weighted by atomic mass is 10.1. The van der Waals surface area contributed by atoms with Crippen LogP contribution in [-0.4, -0.2) is 48.1 Å². The summed E-state index contributed by atoms with van der Waals surface area (Å²) in [5, 5.41) is 10.4. The highest BCUT2D eigenvalue weighted by molar-refractivity contribution is 5.81. The standard InChI is InChI=1S/C13H21N3.C10H14N2.C5H10O/c1-3-4-12-11(2)15-6-5-13(12)16-9-7-14-8-10-16;1-2-4-9(6-7-11)10-5-3-8-12-10;1-3-4-5(2)6/h5-6,14H,3-4,7-10H2,1-2H3;3,5-8,11-12H,2,4H2,1H3;3-4H2,1-2H3/b;9-6-,11-7?;. The molecule has 0 bridgehead atoms. The summed E-state index contributed by atoms with van der Waals surface area (Å²) >= 11 is 0. The van der Waals surface area contributed by atoms with Gasteiger partial charge in [-0.05, 0) is 68.5 Å². The van der Waals surface area contributed by atoms with Gasteiger partial charge in [-0.15, -0.1) is 0 Å². The number of aryl methyl sites for hydroxylation is 1. The number of ketones is 1. The predicted molar refractivity (Wildman–Crippen MR) is 146 cm³/mol. The summed E-state index contributed by atoms with van der Waals surface area (Å²) in [6, 6.07) is 6.18. The Morgan fingerprint density at radius 1 is 1.12 bits per heavy atom. The fraction of sp³-hybridized carbons (Fsp3) is 0.536. The number of nitrogens with one attached hydrogen (secondary N) is 3. The fourth-order valence-electron chi connectivity index (χ4n) is 3.90. The topological polar surface area (TPSA) is 84.9 Å². The van der Waals surface area contributed by atoms with E-state index in [1.807, 2.05) is 37.5 Å². The van der Waals surface area contributed by atoms with Crippen LogP contribution in [0.2, 0.25) is 0 Å². The Hall–Kier alpha value is -2.73. The van der Waals surface area contributed by atoms with Gasteiger partial charge < -0.3 is 25.4 Å². The fourth-order valence-corrected chi connectivity index (χ4v) is 3.90. The highest BCUT2D eigenvalue weighted by atomic mass is 16.1. The first-order valence-corrected chi connectivity index (χ1v) is 12.7. The molecule has 6 heteroatoms. The van der Waals surface area contributed by atoms with Gasteiger partial charge in [-0.25, -0.2) is 0 Å². The first-order valence-electron chi connectivity index (χ1n) is 12.7. The third-order valence-electron chi connectivity index (χ3n) is 5.55. The first kappa shape index (κ1) is 29.3. The van der Waals surface area contributed by atoms with E-state index in [4.69, 9.17) is 5.41 Å². The van der Waals surface area contributed by atoms with Crippen LogP contribution in [0.4, 0.5) is 5.69 Å². The molecule has 2 aromatic heterocycles. The summed E-state index contributed by atoms with van der Waals surface area (Å²) < 4.78 is 0. The molecular formula is C28H45N5O. The third kappa shape index (κ3) is 10.9. The second-order valence-corrected chi connectivity index (χ2v) is 8.53. The summed E-state index contributed by atoms with van der Waals surface area (Å²) in [7, 11) is 0. The molecule has 0 saturated carbocycles. The molecule has 1 fully saturated rings. The average molecular weight is 468 g/mol. The number of Topliss-reactive ketones (excluding diaryl/α,β-unsaturated/α-hetero) is 1. The van der Waals surface area contributed by atoms with Crippen LogP contribution in [0.3, 0.4) is 0 Å². The molecule has 188 valence electrons. The lowest BCUT2D eigenvalue weighted by molar-refractivity contribution is -0.117. The van der Waals surface area contributed by atoms with Crippen molar-refractivity contribution in [3.63, 3.8) is 0 Å². The van der Waals surface area contributed by atoms with Gasteiger partial charge in [-0.3, -0.25) is 4.98 Å². The van der Waals surface area contributed by atoms with Crippen LogP contribution in [0.5, 0.6) is 0 Å². The van der Waals surface area contributed by atoms with Crippen LogP contribution < -0.4 is 10.2 Å². The molecule has 1 aliphatic rings. The number of pyridine rings is 1. The Morgan fingerprint density at radius 2 is 1.82 bits per heavy atom. The highest BCUT2D eigenvalue weighted by Crippen LogP contribution is 2.24. The number of piperazine rings is 1. The van der Waals surface area contributed by atoms with Crippen LogP contribution in [0.25, 0.3) is 5.57 Å². The van der Waals surface area contributed by atoms with E-state index >= 15 is 0 Å². The largest absolute Gasteiger partial charge is 0.369 e. The molecule has 1 saturated heterocycles. The highest BCUT2D eigenvalue weighted by Gasteiger charge is 2.15. The zero-order valence-corrected chi connectivity index (χ0v) is 21.9. The number of carbonyl (C=O) groups is 1. The van der Waals surface area contributed by atoms with Crippen LogP contribution in [0.15, 0.2) is 36.7 Å². The molecular weight excluding hydrogens is 422 g/mol. The molecule has 0 aliphatic carbocycles. The first-order chi connectivity index (χ1) is 16.5. The molecule has 1 aliphatic heterocycles. The normalized spacial score (nSPS) is 13.3. The summed E-state index contributed by atoms with van der Waals surface area (Å²) in [4.78, 5) is 20.1. The molecule has 0 amide bonds. The van der Waals surface area contributed by atoms with Crippen molar-refractivity contribution < 1.29 is 4.79 Å². The van der Waals surface area contributed by atoms with Crippen LogP contribution in [0, 0.1) is 12.3 Å². The molecule has 3 N–H and O–H groups in total. The van der Waals surface area contributed by atoms with E-state index in [1.54, 1.807) is 6.92 Å². The number of aromatic nitrogens is 2. The maximum absolute atomic E-state index is 10.0. The van der Waals surface area contributed by atoms with Crippen molar-refractivity contribution in [2.75, 3.05) is 31.1 Å². The van der Waals surface area contributed by atoms with Crippen LogP contribution in [0.1, 0.15) is 76.8 Å². The second kappa shape index (κ2) is 17.7. The van der Waals surface area contributed by atoms with Crippen molar-refractivity contribution in [3.8, 4) is 0 Å². The second-order valence-electron chi connectivity index (χ2n) is 8.53. The van der Waals surface area contributed by atoms with E-state index in [9.17, 15) is 4.79 Å². The Labute approximate surface area is 206 Å². The van der Waals surface area contributed by atoms with Gasteiger partial charge in [0.1, 0.15) is 5.78 Å². The minimum Gasteiger partial charge on any atom is -0.369 e. The van der Waals surface area contributed by atoms with Gasteiger partial charge in [-0.1, -0.05) is 33.6 Å². The number of hydrogen-bond donors (Lipinski definition) is 3. The van der Waals surface area contributed by atoms with E-state index in [0.29, 0.717) is 0 Å². The maximum atomic E-state index is 10.0. The lowest BCUT2D eigenvalue weighted by Crippen LogP contribution is -2.44. The van der Waals surface area contributed by atoms with Gasteiger partial charge in [0.25, 0.3) is 0 Å². The SMILES string of the molecule is CCC/C(=C/C=N)c1ccc[nH]1.CCCC(C)=O.CCCc1c(N2CCNCC2)ccnc1C. The van der Waals surface area contributed by atoms with Gasteiger partial charge in [-0.2, -0.15) is 0 Å². The zero-order chi connectivity index (χ0) is 25.2. The zero-order valence-electron chi connectivity index (χ0n) is 21.9. The van der Waals surface area contributed by atoms with Crippen molar-refractivity contribution in [2.24, 2.45) is 0 Å². The Bertz CT molecular complexity index is 852. The molecule has 0 spiro atoms. The smallest absolute Gasteiger partial charge is 0.129 e. The number of H-pyrrole nitrogens is 1.